The zero-order chi connectivity index (χ0) is 10.7. The highest BCUT2D eigenvalue weighted by Crippen LogP contribution is 2.25. The van der Waals surface area contributed by atoms with Crippen molar-refractivity contribution in [1.82, 2.24) is 10.3 Å². The first-order chi connectivity index (χ1) is 7.27. The number of hydrogen-bond donors (Lipinski definition) is 2. The minimum Gasteiger partial charge on any atom is -0.505 e. The van der Waals surface area contributed by atoms with E-state index in [1.165, 1.54) is 37.7 Å². The van der Waals surface area contributed by atoms with E-state index in [1.807, 2.05) is 0 Å². The molecule has 1 aromatic heterocycles. The van der Waals surface area contributed by atoms with Crippen LogP contribution in [0.1, 0.15) is 29.6 Å². The number of pyridine rings is 1. The van der Waals surface area contributed by atoms with Gasteiger partial charge in [-0.25, -0.2) is 0 Å². The fraction of sp³-hybridized carbons (Fsp3) is 0.455. The van der Waals surface area contributed by atoms with E-state index in [2.05, 4.69) is 10.3 Å². The van der Waals surface area contributed by atoms with Crippen molar-refractivity contribution in [1.29, 1.82) is 0 Å². The first kappa shape index (κ1) is 9.96. The van der Waals surface area contributed by atoms with E-state index in [-0.39, 0.29) is 11.7 Å². The van der Waals surface area contributed by atoms with Gasteiger partial charge in [-0.1, -0.05) is 6.42 Å². The predicted octanol–water partition coefficient (Wildman–Crippen LogP) is 1.32. The van der Waals surface area contributed by atoms with Gasteiger partial charge in [0.05, 0.1) is 11.8 Å². The molecule has 0 atom stereocenters. The Kier molecular flexibility index (Phi) is 2.85. The third kappa shape index (κ3) is 2.26. The normalized spacial score (nSPS) is 15.7. The monoisotopic (exact) mass is 206 g/mol. The lowest BCUT2D eigenvalue weighted by atomic mass is 9.85. The summed E-state index contributed by atoms with van der Waals surface area (Å²) in [7, 11) is 0. The first-order valence-corrected chi connectivity index (χ1v) is 5.18. The minimum absolute atomic E-state index is 0.0661. The fourth-order valence-corrected chi connectivity index (χ4v) is 1.61. The molecular formula is C11H14N2O2. The maximum Gasteiger partial charge on any atom is 0.255 e. The molecule has 1 amide bonds. The molecular weight excluding hydrogens is 192 g/mol. The molecule has 1 aliphatic carbocycles. The molecule has 2 rings (SSSR count). The van der Waals surface area contributed by atoms with Gasteiger partial charge in [0, 0.05) is 12.7 Å². The van der Waals surface area contributed by atoms with Crippen LogP contribution in [0.3, 0.4) is 0 Å². The quantitative estimate of drug-likeness (QED) is 0.784. The van der Waals surface area contributed by atoms with Gasteiger partial charge < -0.3 is 10.4 Å². The third-order valence-corrected chi connectivity index (χ3v) is 2.82. The van der Waals surface area contributed by atoms with Gasteiger partial charge >= 0.3 is 0 Å². The highest BCUT2D eigenvalue weighted by atomic mass is 16.3. The lowest BCUT2D eigenvalue weighted by molar-refractivity contribution is 0.0936. The molecule has 1 saturated carbocycles. The van der Waals surface area contributed by atoms with Crippen LogP contribution in [0.5, 0.6) is 5.75 Å². The van der Waals surface area contributed by atoms with E-state index in [1.54, 1.807) is 0 Å². The molecule has 0 radical (unpaired) electrons. The minimum atomic E-state index is -0.221. The van der Waals surface area contributed by atoms with Crippen LogP contribution in [-0.4, -0.2) is 22.5 Å². The number of amides is 1. The lowest BCUT2D eigenvalue weighted by Gasteiger charge is -2.25. The molecule has 0 aromatic carbocycles. The number of aromatic hydroxyl groups is 1. The van der Waals surface area contributed by atoms with Gasteiger partial charge in [0.1, 0.15) is 5.75 Å². The van der Waals surface area contributed by atoms with Crippen LogP contribution < -0.4 is 5.32 Å². The van der Waals surface area contributed by atoms with Crippen molar-refractivity contribution >= 4 is 5.91 Å². The van der Waals surface area contributed by atoms with Gasteiger partial charge in [-0.15, -0.1) is 0 Å². The Morgan fingerprint density at radius 2 is 2.40 bits per heavy atom. The van der Waals surface area contributed by atoms with Crippen LogP contribution in [-0.2, 0) is 0 Å². The van der Waals surface area contributed by atoms with Gasteiger partial charge in [0.25, 0.3) is 5.91 Å². The second-order valence-corrected chi connectivity index (χ2v) is 3.90. The van der Waals surface area contributed by atoms with Crippen LogP contribution in [0, 0.1) is 5.92 Å². The molecule has 0 bridgehead atoms. The summed E-state index contributed by atoms with van der Waals surface area (Å²) in [6.45, 7) is 0.709. The summed E-state index contributed by atoms with van der Waals surface area (Å²) in [5, 5.41) is 12.2. The largest absolute Gasteiger partial charge is 0.505 e. The van der Waals surface area contributed by atoms with Crippen LogP contribution in [0.2, 0.25) is 0 Å². The Morgan fingerprint density at radius 3 is 3.00 bits per heavy atom. The van der Waals surface area contributed by atoms with Crippen molar-refractivity contribution in [2.24, 2.45) is 5.92 Å². The Balaban J connectivity index is 1.92. The average molecular weight is 206 g/mol. The molecule has 4 heteroatoms. The maximum atomic E-state index is 11.6. The second kappa shape index (κ2) is 4.29. The summed E-state index contributed by atoms with van der Waals surface area (Å²) in [6, 6.07) is 1.52. The van der Waals surface area contributed by atoms with E-state index in [4.69, 9.17) is 0 Å². The topological polar surface area (TPSA) is 62.2 Å². The third-order valence-electron chi connectivity index (χ3n) is 2.82. The number of carbonyl (C=O) groups is 1. The van der Waals surface area contributed by atoms with Crippen molar-refractivity contribution in [3.05, 3.63) is 24.0 Å². The zero-order valence-corrected chi connectivity index (χ0v) is 8.44. The van der Waals surface area contributed by atoms with Gasteiger partial charge in [-0.3, -0.25) is 9.78 Å². The zero-order valence-electron chi connectivity index (χ0n) is 8.44. The Labute approximate surface area is 88.3 Å². The van der Waals surface area contributed by atoms with Gasteiger partial charge in [-0.2, -0.15) is 0 Å². The predicted molar refractivity (Wildman–Crippen MR) is 55.6 cm³/mol. The standard InChI is InChI=1S/C11H14N2O2/c14-10-7-12-5-4-9(10)11(15)13-6-8-2-1-3-8/h4-5,7-8,14H,1-3,6H2,(H,13,15). The second-order valence-electron chi connectivity index (χ2n) is 3.90. The molecule has 15 heavy (non-hydrogen) atoms. The molecule has 1 heterocycles. The number of rotatable bonds is 3. The van der Waals surface area contributed by atoms with Crippen LogP contribution in [0.15, 0.2) is 18.5 Å². The molecule has 80 valence electrons. The van der Waals surface area contributed by atoms with E-state index in [9.17, 15) is 9.90 Å². The van der Waals surface area contributed by atoms with E-state index >= 15 is 0 Å². The summed E-state index contributed by atoms with van der Waals surface area (Å²) in [4.78, 5) is 15.3. The SMILES string of the molecule is O=C(NCC1CCC1)c1ccncc1O. The first-order valence-electron chi connectivity index (χ1n) is 5.18. The summed E-state index contributed by atoms with van der Waals surface area (Å²) >= 11 is 0. The van der Waals surface area contributed by atoms with Crippen molar-refractivity contribution in [2.75, 3.05) is 6.54 Å². The number of nitrogens with one attached hydrogen (secondary N) is 1. The van der Waals surface area contributed by atoms with E-state index in [0.717, 1.165) is 0 Å². The number of nitrogens with zero attached hydrogens (tertiary/aromatic N) is 1. The summed E-state index contributed by atoms with van der Waals surface area (Å²) in [5.74, 6) is 0.336. The molecule has 1 aliphatic rings. The van der Waals surface area contributed by atoms with Crippen LogP contribution >= 0.6 is 0 Å². The Bertz CT molecular complexity index is 361. The highest BCUT2D eigenvalue weighted by molar-refractivity contribution is 5.96. The Morgan fingerprint density at radius 1 is 1.60 bits per heavy atom. The number of hydrogen-bond acceptors (Lipinski definition) is 3. The average Bonchev–Trinajstić information content (AvgIpc) is 2.16. The smallest absolute Gasteiger partial charge is 0.255 e. The molecule has 2 N–H and O–H groups in total. The van der Waals surface area contributed by atoms with Crippen molar-refractivity contribution < 1.29 is 9.90 Å². The molecule has 0 unspecified atom stereocenters. The molecule has 0 aliphatic heterocycles. The highest BCUT2D eigenvalue weighted by Gasteiger charge is 2.19. The van der Waals surface area contributed by atoms with Crippen molar-refractivity contribution in [3.8, 4) is 5.75 Å². The fourth-order valence-electron chi connectivity index (χ4n) is 1.61. The lowest BCUT2D eigenvalue weighted by Crippen LogP contribution is -2.32. The van der Waals surface area contributed by atoms with E-state index in [0.29, 0.717) is 18.0 Å². The molecule has 4 nitrogen and oxygen atoms in total. The van der Waals surface area contributed by atoms with E-state index < -0.39 is 0 Å². The van der Waals surface area contributed by atoms with Gasteiger partial charge in [-0.05, 0) is 24.8 Å². The molecule has 0 spiro atoms. The number of carbonyl (C=O) groups excluding carboxylic acids is 1. The summed E-state index contributed by atoms with van der Waals surface area (Å²) < 4.78 is 0. The molecule has 0 saturated heterocycles. The van der Waals surface area contributed by atoms with Gasteiger partial charge in [0.15, 0.2) is 0 Å². The Hall–Kier alpha value is -1.58. The number of aromatic nitrogens is 1. The summed E-state index contributed by atoms with van der Waals surface area (Å²) in [6.07, 6.45) is 6.43. The summed E-state index contributed by atoms with van der Waals surface area (Å²) in [5.41, 5.74) is 0.296. The van der Waals surface area contributed by atoms with Crippen molar-refractivity contribution in [3.63, 3.8) is 0 Å². The molecule has 1 fully saturated rings. The maximum absolute atomic E-state index is 11.6. The van der Waals surface area contributed by atoms with Crippen LogP contribution in [0.4, 0.5) is 0 Å². The van der Waals surface area contributed by atoms with Crippen LogP contribution in [0.25, 0.3) is 0 Å². The van der Waals surface area contributed by atoms with Gasteiger partial charge in [0.2, 0.25) is 0 Å². The van der Waals surface area contributed by atoms with Crippen molar-refractivity contribution in [2.45, 2.75) is 19.3 Å². The molecule has 1 aromatic rings.